The summed E-state index contributed by atoms with van der Waals surface area (Å²) in [7, 11) is 0. The maximum atomic E-state index is 11.6. The van der Waals surface area contributed by atoms with Gasteiger partial charge in [0.15, 0.2) is 0 Å². The van der Waals surface area contributed by atoms with E-state index in [-0.39, 0.29) is 0 Å². The minimum atomic E-state index is -0.922. The van der Waals surface area contributed by atoms with Gasteiger partial charge in [-0.1, -0.05) is 48.9 Å². The summed E-state index contributed by atoms with van der Waals surface area (Å²) in [6.45, 7) is 0. The molecule has 0 amide bonds. The molecule has 1 aliphatic carbocycles. The van der Waals surface area contributed by atoms with Crippen LogP contribution in [0.1, 0.15) is 30.4 Å². The van der Waals surface area contributed by atoms with E-state index in [0.717, 1.165) is 17.5 Å². The molecule has 3 N–H and O–H groups in total. The third kappa shape index (κ3) is 3.50. The number of nitrogens with one attached hydrogen (secondary N) is 1. The van der Waals surface area contributed by atoms with Crippen molar-refractivity contribution in [1.29, 1.82) is 0 Å². The van der Waals surface area contributed by atoms with Crippen molar-refractivity contribution < 1.29 is 19.8 Å². The van der Waals surface area contributed by atoms with Crippen LogP contribution in [-0.4, -0.2) is 28.2 Å². The molecular formula is C20H21NO4. The van der Waals surface area contributed by atoms with E-state index < -0.39 is 23.4 Å². The van der Waals surface area contributed by atoms with Gasteiger partial charge in [0.05, 0.1) is 5.41 Å². The molecular weight excluding hydrogens is 318 g/mol. The number of anilines is 1. The average Bonchev–Trinajstić information content (AvgIpc) is 2.55. The van der Waals surface area contributed by atoms with E-state index >= 15 is 0 Å². The fraction of sp³-hybridized carbons (Fsp3) is 0.300. The molecule has 5 heteroatoms. The van der Waals surface area contributed by atoms with E-state index in [9.17, 15) is 19.8 Å². The molecule has 0 aliphatic heterocycles. The first-order chi connectivity index (χ1) is 12.0. The molecule has 0 aromatic heterocycles. The quantitative estimate of drug-likeness (QED) is 0.720. The van der Waals surface area contributed by atoms with Crippen LogP contribution >= 0.6 is 0 Å². The van der Waals surface area contributed by atoms with Crippen LogP contribution in [0.3, 0.4) is 0 Å². The number of benzene rings is 2. The van der Waals surface area contributed by atoms with Crippen LogP contribution in [0.5, 0.6) is 0 Å². The zero-order valence-electron chi connectivity index (χ0n) is 13.8. The lowest BCUT2D eigenvalue weighted by Crippen LogP contribution is -2.42. The average molecular weight is 339 g/mol. The first-order valence-corrected chi connectivity index (χ1v) is 8.38. The lowest BCUT2D eigenvalue weighted by atomic mass is 9.64. The van der Waals surface area contributed by atoms with Crippen molar-refractivity contribution in [3.8, 4) is 0 Å². The summed E-state index contributed by atoms with van der Waals surface area (Å²) < 4.78 is 0. The van der Waals surface area contributed by atoms with Crippen molar-refractivity contribution in [3.05, 3.63) is 65.7 Å². The number of aliphatic carboxylic acids is 2. The lowest BCUT2D eigenvalue weighted by molar-refractivity contribution is -0.147. The van der Waals surface area contributed by atoms with Gasteiger partial charge < -0.3 is 15.5 Å². The van der Waals surface area contributed by atoms with Gasteiger partial charge in [-0.15, -0.1) is 0 Å². The molecule has 3 rings (SSSR count). The Labute approximate surface area is 146 Å². The fourth-order valence-corrected chi connectivity index (χ4v) is 3.29. The molecule has 2 aromatic carbocycles. The summed E-state index contributed by atoms with van der Waals surface area (Å²) in [5.41, 5.74) is 1.63. The Hall–Kier alpha value is -2.82. The van der Waals surface area contributed by atoms with Gasteiger partial charge in [0.2, 0.25) is 0 Å². The van der Waals surface area contributed by atoms with Crippen LogP contribution in [0.15, 0.2) is 54.6 Å². The standard InChI is InChI=1S/C20H21NO4/c22-18(23)17(13-14-5-2-1-3-6-14)21-16-9-7-15(8-10-16)20(19(24)25)11-4-12-20/h1-3,5-10,17,21H,4,11-13H2,(H,22,23)(H,24,25). The molecule has 25 heavy (non-hydrogen) atoms. The van der Waals surface area contributed by atoms with E-state index in [1.165, 1.54) is 0 Å². The summed E-state index contributed by atoms with van der Waals surface area (Å²) in [5.74, 6) is -1.71. The zero-order chi connectivity index (χ0) is 17.9. The topological polar surface area (TPSA) is 86.6 Å². The molecule has 1 atom stereocenters. The Kier molecular flexibility index (Phi) is 4.74. The minimum Gasteiger partial charge on any atom is -0.481 e. The summed E-state index contributed by atoms with van der Waals surface area (Å²) in [4.78, 5) is 23.1. The molecule has 0 heterocycles. The zero-order valence-corrected chi connectivity index (χ0v) is 13.8. The molecule has 5 nitrogen and oxygen atoms in total. The molecule has 0 saturated heterocycles. The van der Waals surface area contributed by atoms with Gasteiger partial charge >= 0.3 is 11.9 Å². The normalized spacial score (nSPS) is 16.5. The van der Waals surface area contributed by atoms with Crippen molar-refractivity contribution in [2.24, 2.45) is 0 Å². The highest BCUT2D eigenvalue weighted by atomic mass is 16.4. The molecule has 1 unspecified atom stereocenters. The van der Waals surface area contributed by atoms with Gasteiger partial charge in [-0.2, -0.15) is 0 Å². The number of hydrogen-bond acceptors (Lipinski definition) is 3. The van der Waals surface area contributed by atoms with E-state index in [1.54, 1.807) is 24.3 Å². The van der Waals surface area contributed by atoms with Crippen molar-refractivity contribution in [2.45, 2.75) is 37.1 Å². The number of hydrogen-bond donors (Lipinski definition) is 3. The van der Waals surface area contributed by atoms with Crippen LogP contribution in [0.2, 0.25) is 0 Å². The Bertz CT molecular complexity index is 751. The third-order valence-corrected chi connectivity index (χ3v) is 4.98. The second-order valence-corrected chi connectivity index (χ2v) is 6.54. The third-order valence-electron chi connectivity index (χ3n) is 4.98. The Balaban J connectivity index is 1.73. The SMILES string of the molecule is O=C(O)C(Cc1ccccc1)Nc1ccc(C2(C(=O)O)CCC2)cc1. The lowest BCUT2D eigenvalue weighted by Gasteiger charge is -2.38. The monoisotopic (exact) mass is 339 g/mol. The maximum Gasteiger partial charge on any atom is 0.326 e. The minimum absolute atomic E-state index is 0.372. The van der Waals surface area contributed by atoms with Crippen molar-refractivity contribution in [1.82, 2.24) is 0 Å². The van der Waals surface area contributed by atoms with Gasteiger partial charge in [0, 0.05) is 12.1 Å². The van der Waals surface area contributed by atoms with Crippen LogP contribution < -0.4 is 5.32 Å². The first kappa shape index (κ1) is 17.0. The molecule has 0 bridgehead atoms. The van der Waals surface area contributed by atoms with Crippen molar-refractivity contribution in [3.63, 3.8) is 0 Å². The highest BCUT2D eigenvalue weighted by Gasteiger charge is 2.45. The smallest absolute Gasteiger partial charge is 0.326 e. The fourth-order valence-electron chi connectivity index (χ4n) is 3.29. The summed E-state index contributed by atoms with van der Waals surface area (Å²) in [5, 5.41) is 22.0. The molecule has 1 aliphatic rings. The molecule has 0 spiro atoms. The van der Waals surface area contributed by atoms with Crippen LogP contribution in [-0.2, 0) is 21.4 Å². The molecule has 0 radical (unpaired) electrons. The first-order valence-electron chi connectivity index (χ1n) is 8.38. The highest BCUT2D eigenvalue weighted by Crippen LogP contribution is 2.44. The highest BCUT2D eigenvalue weighted by molar-refractivity contribution is 5.83. The molecule has 1 fully saturated rings. The Morgan fingerprint density at radius 2 is 1.64 bits per heavy atom. The summed E-state index contributed by atoms with van der Waals surface area (Å²) in [6, 6.07) is 15.8. The van der Waals surface area contributed by atoms with E-state index in [0.29, 0.717) is 24.9 Å². The van der Waals surface area contributed by atoms with Gasteiger partial charge in [-0.3, -0.25) is 4.79 Å². The van der Waals surface area contributed by atoms with E-state index in [4.69, 9.17) is 0 Å². The maximum absolute atomic E-state index is 11.6. The number of carbonyl (C=O) groups is 2. The van der Waals surface area contributed by atoms with Crippen LogP contribution in [0.4, 0.5) is 5.69 Å². The Morgan fingerprint density at radius 1 is 1.00 bits per heavy atom. The van der Waals surface area contributed by atoms with Gasteiger partial charge in [-0.25, -0.2) is 4.79 Å². The number of rotatable bonds is 7. The van der Waals surface area contributed by atoms with Gasteiger partial charge in [-0.05, 0) is 36.1 Å². The van der Waals surface area contributed by atoms with Crippen LogP contribution in [0, 0.1) is 0 Å². The van der Waals surface area contributed by atoms with E-state index in [2.05, 4.69) is 5.32 Å². The second kappa shape index (κ2) is 6.97. The van der Waals surface area contributed by atoms with Gasteiger partial charge in [0.25, 0.3) is 0 Å². The molecule has 130 valence electrons. The second-order valence-electron chi connectivity index (χ2n) is 6.54. The van der Waals surface area contributed by atoms with Gasteiger partial charge in [0.1, 0.15) is 6.04 Å². The number of carboxylic acid groups (broad SMARTS) is 2. The predicted octanol–water partition coefficient (Wildman–Crippen LogP) is 3.30. The summed E-state index contributed by atoms with van der Waals surface area (Å²) in [6.07, 6.45) is 2.60. The Morgan fingerprint density at radius 3 is 2.12 bits per heavy atom. The summed E-state index contributed by atoms with van der Waals surface area (Å²) >= 11 is 0. The largest absolute Gasteiger partial charge is 0.481 e. The van der Waals surface area contributed by atoms with Crippen molar-refractivity contribution in [2.75, 3.05) is 5.32 Å². The van der Waals surface area contributed by atoms with E-state index in [1.807, 2.05) is 30.3 Å². The van der Waals surface area contributed by atoms with Crippen LogP contribution in [0.25, 0.3) is 0 Å². The van der Waals surface area contributed by atoms with Crippen molar-refractivity contribution >= 4 is 17.6 Å². The number of carboxylic acids is 2. The molecule has 2 aromatic rings. The molecule has 1 saturated carbocycles. The predicted molar refractivity (Wildman–Crippen MR) is 94.8 cm³/mol.